The third kappa shape index (κ3) is 1.22. The predicted molar refractivity (Wildman–Crippen MR) is 69.3 cm³/mol. The molecule has 1 aromatic heterocycles. The average Bonchev–Trinajstić information content (AvgIpc) is 2.37. The van der Waals surface area contributed by atoms with Crippen LogP contribution in [-0.2, 0) is 0 Å². The fraction of sp³-hybridized carbons (Fsp3) is 0. The first-order chi connectivity index (χ1) is 7.90. The molecule has 0 saturated heterocycles. The minimum atomic E-state index is 1.02. The lowest BCUT2D eigenvalue weighted by molar-refractivity contribution is 1.44. The molecule has 0 aliphatic heterocycles. The van der Waals surface area contributed by atoms with Gasteiger partial charge < -0.3 is 0 Å². The third-order valence-corrected chi connectivity index (χ3v) is 2.87. The quantitative estimate of drug-likeness (QED) is 0.546. The molecule has 0 amide bonds. The highest BCUT2D eigenvalue weighted by Gasteiger charge is 2.03. The second kappa shape index (κ2) is 3.46. The van der Waals surface area contributed by atoms with Crippen LogP contribution in [0.5, 0.6) is 0 Å². The first-order valence-corrected chi connectivity index (χ1v) is 5.29. The molecule has 1 nitrogen and oxygen atoms in total. The van der Waals surface area contributed by atoms with Gasteiger partial charge in [0.15, 0.2) is 0 Å². The van der Waals surface area contributed by atoms with Gasteiger partial charge in [0.1, 0.15) is 0 Å². The van der Waals surface area contributed by atoms with Gasteiger partial charge in [-0.1, -0.05) is 49.1 Å². The molecule has 1 heteroatoms. The summed E-state index contributed by atoms with van der Waals surface area (Å²) in [4.78, 5) is 4.47. The van der Waals surface area contributed by atoms with Gasteiger partial charge in [-0.05, 0) is 17.0 Å². The maximum absolute atomic E-state index is 4.47. The molecule has 0 aliphatic rings. The van der Waals surface area contributed by atoms with Crippen molar-refractivity contribution in [3.05, 3.63) is 60.8 Å². The Balaban J connectivity index is 2.62. The van der Waals surface area contributed by atoms with E-state index in [0.717, 1.165) is 11.1 Å². The normalized spacial score (nSPS) is 10.8. The molecule has 0 unspecified atom stereocenters. The fourth-order valence-corrected chi connectivity index (χ4v) is 2.10. The van der Waals surface area contributed by atoms with E-state index in [4.69, 9.17) is 0 Å². The highest BCUT2D eigenvalue weighted by atomic mass is 14.6. The molecule has 0 atom stereocenters. The van der Waals surface area contributed by atoms with Crippen molar-refractivity contribution in [3.8, 4) is 0 Å². The summed E-state index contributed by atoms with van der Waals surface area (Å²) < 4.78 is 0. The van der Waals surface area contributed by atoms with Crippen LogP contribution in [0.15, 0.2) is 55.2 Å². The molecule has 0 N–H and O–H groups in total. The zero-order valence-corrected chi connectivity index (χ0v) is 8.85. The van der Waals surface area contributed by atoms with Crippen molar-refractivity contribution < 1.29 is 0 Å². The molecule has 0 radical (unpaired) electrons. The summed E-state index contributed by atoms with van der Waals surface area (Å²) in [5, 5.41) is 3.60. The van der Waals surface area contributed by atoms with Crippen LogP contribution in [0, 0.1) is 0 Å². The number of hydrogen-bond donors (Lipinski definition) is 0. The lowest BCUT2D eigenvalue weighted by Gasteiger charge is -2.05. The van der Waals surface area contributed by atoms with Crippen molar-refractivity contribution in [1.82, 2.24) is 4.98 Å². The van der Waals surface area contributed by atoms with Crippen LogP contribution in [0.2, 0.25) is 0 Å². The number of aromatic nitrogens is 1. The van der Waals surface area contributed by atoms with Crippen LogP contribution in [0.4, 0.5) is 0 Å². The second-order valence-electron chi connectivity index (χ2n) is 3.79. The highest BCUT2D eigenvalue weighted by molar-refractivity contribution is 6.09. The van der Waals surface area contributed by atoms with Gasteiger partial charge >= 0.3 is 0 Å². The van der Waals surface area contributed by atoms with Gasteiger partial charge in [-0.2, -0.15) is 0 Å². The molecule has 3 rings (SSSR count). The van der Waals surface area contributed by atoms with Crippen molar-refractivity contribution in [2.24, 2.45) is 0 Å². The summed E-state index contributed by atoms with van der Waals surface area (Å²) in [7, 11) is 0. The second-order valence-corrected chi connectivity index (χ2v) is 3.79. The Hall–Kier alpha value is -2.15. The van der Waals surface area contributed by atoms with Crippen LogP contribution < -0.4 is 0 Å². The topological polar surface area (TPSA) is 12.9 Å². The number of fused-ring (bicyclic) bond motifs is 3. The van der Waals surface area contributed by atoms with E-state index >= 15 is 0 Å². The summed E-state index contributed by atoms with van der Waals surface area (Å²) in [5.41, 5.74) is 2.16. The monoisotopic (exact) mass is 205 g/mol. The molecule has 0 fully saturated rings. The smallest absolute Gasteiger partial charge is 0.0714 e. The van der Waals surface area contributed by atoms with Crippen molar-refractivity contribution in [2.75, 3.05) is 0 Å². The molecular weight excluding hydrogens is 194 g/mol. The van der Waals surface area contributed by atoms with Crippen molar-refractivity contribution in [2.45, 2.75) is 0 Å². The number of hydrogen-bond acceptors (Lipinski definition) is 1. The van der Waals surface area contributed by atoms with E-state index in [1.54, 1.807) is 0 Å². The molecule has 3 aromatic rings. The van der Waals surface area contributed by atoms with E-state index < -0.39 is 0 Å². The molecule has 1 heterocycles. The van der Waals surface area contributed by atoms with E-state index in [9.17, 15) is 0 Å². The number of pyridine rings is 1. The first-order valence-electron chi connectivity index (χ1n) is 5.29. The van der Waals surface area contributed by atoms with E-state index in [-0.39, 0.29) is 0 Å². The molecule has 0 aliphatic carbocycles. The Morgan fingerprint density at radius 3 is 2.75 bits per heavy atom. The summed E-state index contributed by atoms with van der Waals surface area (Å²) in [5.74, 6) is 0. The number of nitrogens with zero attached hydrogens (tertiary/aromatic N) is 1. The first kappa shape index (κ1) is 9.10. The van der Waals surface area contributed by atoms with Gasteiger partial charge in [0.25, 0.3) is 0 Å². The van der Waals surface area contributed by atoms with Gasteiger partial charge in [-0.15, -0.1) is 0 Å². The van der Waals surface area contributed by atoms with Crippen LogP contribution in [0.1, 0.15) is 5.56 Å². The van der Waals surface area contributed by atoms with Crippen molar-refractivity contribution in [1.29, 1.82) is 0 Å². The minimum Gasteiger partial charge on any atom is -0.256 e. The van der Waals surface area contributed by atoms with Crippen molar-refractivity contribution in [3.63, 3.8) is 0 Å². The Bertz CT molecular complexity index is 683. The van der Waals surface area contributed by atoms with Crippen LogP contribution >= 0.6 is 0 Å². The molecule has 0 spiro atoms. The van der Waals surface area contributed by atoms with E-state index in [0.29, 0.717) is 0 Å². The molecule has 2 aromatic carbocycles. The summed E-state index contributed by atoms with van der Waals surface area (Å²) >= 11 is 0. The largest absolute Gasteiger partial charge is 0.256 e. The Labute approximate surface area is 94.1 Å². The molecule has 16 heavy (non-hydrogen) atoms. The van der Waals surface area contributed by atoms with Gasteiger partial charge in [0.05, 0.1) is 5.52 Å². The molecule has 0 bridgehead atoms. The van der Waals surface area contributed by atoms with Gasteiger partial charge in [0.2, 0.25) is 0 Å². The van der Waals surface area contributed by atoms with Crippen LogP contribution in [0.25, 0.3) is 27.8 Å². The van der Waals surface area contributed by atoms with E-state index in [2.05, 4.69) is 35.8 Å². The molecule has 76 valence electrons. The summed E-state index contributed by atoms with van der Waals surface area (Å²) in [6.45, 7) is 3.86. The standard InChI is InChI=1S/C15H11N/c1-2-11-7-5-9-14-15(11)13-8-4-3-6-12(13)10-16-14/h2-10H,1H2. The average molecular weight is 205 g/mol. The molecule has 0 saturated carbocycles. The zero-order chi connectivity index (χ0) is 11.0. The summed E-state index contributed by atoms with van der Waals surface area (Å²) in [6, 6.07) is 14.4. The third-order valence-electron chi connectivity index (χ3n) is 2.87. The number of rotatable bonds is 1. The fourth-order valence-electron chi connectivity index (χ4n) is 2.10. The van der Waals surface area contributed by atoms with E-state index in [1.807, 2.05) is 30.5 Å². The van der Waals surface area contributed by atoms with Gasteiger partial charge in [-0.25, -0.2) is 0 Å². The lowest BCUT2D eigenvalue weighted by atomic mass is 10.0. The zero-order valence-electron chi connectivity index (χ0n) is 8.85. The maximum atomic E-state index is 4.47. The minimum absolute atomic E-state index is 1.02. The van der Waals surface area contributed by atoms with E-state index in [1.165, 1.54) is 16.2 Å². The predicted octanol–water partition coefficient (Wildman–Crippen LogP) is 4.03. The van der Waals surface area contributed by atoms with Gasteiger partial charge in [-0.3, -0.25) is 4.98 Å². The Morgan fingerprint density at radius 2 is 1.88 bits per heavy atom. The van der Waals surface area contributed by atoms with Crippen LogP contribution in [0.3, 0.4) is 0 Å². The lowest BCUT2D eigenvalue weighted by Crippen LogP contribution is -1.84. The van der Waals surface area contributed by atoms with Gasteiger partial charge in [0, 0.05) is 17.0 Å². The molecular formula is C15H11N. The summed E-state index contributed by atoms with van der Waals surface area (Å²) in [6.07, 6.45) is 3.81. The van der Waals surface area contributed by atoms with Crippen LogP contribution in [-0.4, -0.2) is 4.98 Å². The maximum Gasteiger partial charge on any atom is 0.0714 e. The SMILES string of the molecule is C=Cc1cccc2ncc3ccccc3c12. The number of benzene rings is 2. The Kier molecular flexibility index (Phi) is 1.97. The Morgan fingerprint density at radius 1 is 1.00 bits per heavy atom. The highest BCUT2D eigenvalue weighted by Crippen LogP contribution is 2.26. The van der Waals surface area contributed by atoms with Crippen molar-refractivity contribution >= 4 is 27.8 Å².